The fraction of sp³-hybridized carbons (Fsp3) is 0.600. The number of carbonyl (C=O) groups excluding carboxylic acids is 4. The van der Waals surface area contributed by atoms with E-state index in [9.17, 15) is 19.2 Å². The SMILES string of the molecule is CC1=CC(=O)O[C@H](/C=C(\C)CCC[C@]2(C3=CC(=O)C(C)(C)O3)CC[C@]2(CCC/C(C)=C/[C@@H]2CC(C)=CC(=O)O2)C2=CC(=O)C(C)(C)O2)C1. The van der Waals surface area contributed by atoms with Crippen molar-refractivity contribution in [1.29, 1.82) is 0 Å². The Bertz CT molecular complexity index is 1450. The molecule has 8 nitrogen and oxygen atoms in total. The number of hydrogen-bond acceptors (Lipinski definition) is 8. The molecule has 0 unspecified atom stereocenters. The second-order valence-electron chi connectivity index (χ2n) is 15.7. The summed E-state index contributed by atoms with van der Waals surface area (Å²) < 4.78 is 24.1. The van der Waals surface area contributed by atoms with Gasteiger partial charge in [-0.25, -0.2) is 9.59 Å². The van der Waals surface area contributed by atoms with Crippen LogP contribution in [0.1, 0.15) is 120 Å². The molecule has 0 bridgehead atoms. The molecule has 0 aromatic heterocycles. The molecule has 0 N–H and O–H groups in total. The Morgan fingerprint density at radius 3 is 1.33 bits per heavy atom. The van der Waals surface area contributed by atoms with Crippen LogP contribution in [-0.4, -0.2) is 46.9 Å². The van der Waals surface area contributed by atoms with Crippen molar-refractivity contribution in [2.24, 2.45) is 10.8 Å². The van der Waals surface area contributed by atoms with Crippen molar-refractivity contribution in [2.45, 2.75) is 143 Å². The van der Waals surface area contributed by atoms with Crippen LogP contribution in [-0.2, 0) is 38.1 Å². The second-order valence-corrected chi connectivity index (χ2v) is 15.7. The number of rotatable bonds is 12. The van der Waals surface area contributed by atoms with Crippen LogP contribution in [0, 0.1) is 10.8 Å². The summed E-state index contributed by atoms with van der Waals surface area (Å²) in [4.78, 5) is 50.3. The van der Waals surface area contributed by atoms with Gasteiger partial charge in [0, 0.05) is 48.0 Å². The summed E-state index contributed by atoms with van der Waals surface area (Å²) in [5.74, 6) is 0.666. The van der Waals surface area contributed by atoms with Crippen molar-refractivity contribution in [2.75, 3.05) is 0 Å². The molecule has 0 aromatic rings. The topological polar surface area (TPSA) is 105 Å². The quantitative estimate of drug-likeness (QED) is 0.153. The summed E-state index contributed by atoms with van der Waals surface area (Å²) in [5.41, 5.74) is 1.32. The summed E-state index contributed by atoms with van der Waals surface area (Å²) in [7, 11) is 0. The molecule has 0 saturated heterocycles. The largest absolute Gasteiger partial charge is 0.483 e. The molecule has 1 saturated carbocycles. The molecule has 0 amide bonds. The van der Waals surface area contributed by atoms with Crippen LogP contribution in [0.5, 0.6) is 0 Å². The van der Waals surface area contributed by atoms with Crippen LogP contribution in [0.3, 0.4) is 0 Å². The molecular formula is C40H52O8. The molecule has 5 aliphatic rings. The minimum atomic E-state index is -0.959. The zero-order chi connectivity index (χ0) is 35.1. The number of ketones is 2. The first-order valence-electron chi connectivity index (χ1n) is 17.5. The Morgan fingerprint density at radius 2 is 1.04 bits per heavy atom. The molecule has 0 radical (unpaired) electrons. The van der Waals surface area contributed by atoms with E-state index in [1.165, 1.54) is 0 Å². The molecule has 8 heteroatoms. The number of hydrogen-bond donors (Lipinski definition) is 0. The fourth-order valence-electron chi connectivity index (χ4n) is 8.12. The lowest BCUT2D eigenvalue weighted by Crippen LogP contribution is -2.54. The van der Waals surface area contributed by atoms with Crippen molar-refractivity contribution >= 4 is 23.5 Å². The molecule has 1 fully saturated rings. The van der Waals surface area contributed by atoms with Gasteiger partial charge >= 0.3 is 11.9 Å². The molecule has 4 heterocycles. The number of ether oxygens (including phenoxy) is 4. The highest BCUT2D eigenvalue weighted by atomic mass is 16.5. The zero-order valence-corrected chi connectivity index (χ0v) is 30.0. The van der Waals surface area contributed by atoms with Gasteiger partial charge in [-0.05, 0) is 119 Å². The van der Waals surface area contributed by atoms with Gasteiger partial charge in [0.25, 0.3) is 0 Å². The molecule has 0 spiro atoms. The first-order chi connectivity index (χ1) is 22.4. The minimum absolute atomic E-state index is 0.0563. The molecule has 1 aliphatic carbocycles. The van der Waals surface area contributed by atoms with Gasteiger partial charge in [-0.3, -0.25) is 9.59 Å². The zero-order valence-electron chi connectivity index (χ0n) is 30.0. The van der Waals surface area contributed by atoms with Gasteiger partial charge in [0.05, 0.1) is 0 Å². The van der Waals surface area contributed by atoms with Crippen molar-refractivity contribution in [3.8, 4) is 0 Å². The summed E-state index contributed by atoms with van der Waals surface area (Å²) in [6.07, 6.45) is 17.7. The van der Waals surface area contributed by atoms with Gasteiger partial charge in [-0.1, -0.05) is 22.3 Å². The first-order valence-corrected chi connectivity index (χ1v) is 17.5. The van der Waals surface area contributed by atoms with Crippen LogP contribution in [0.25, 0.3) is 0 Å². The van der Waals surface area contributed by atoms with Crippen LogP contribution < -0.4 is 0 Å². The molecule has 4 aliphatic heterocycles. The lowest BCUT2D eigenvalue weighted by Gasteiger charge is -2.60. The van der Waals surface area contributed by atoms with E-state index in [4.69, 9.17) is 18.9 Å². The highest BCUT2D eigenvalue weighted by Gasteiger charge is 2.66. The Balaban J connectivity index is 1.41. The van der Waals surface area contributed by atoms with E-state index < -0.39 is 22.0 Å². The van der Waals surface area contributed by atoms with Crippen molar-refractivity contribution < 1.29 is 38.1 Å². The third-order valence-electron chi connectivity index (χ3n) is 10.9. The smallest absolute Gasteiger partial charge is 0.331 e. The number of cyclic esters (lactones) is 2. The van der Waals surface area contributed by atoms with E-state index in [2.05, 4.69) is 13.8 Å². The summed E-state index contributed by atoms with van der Waals surface area (Å²) in [6, 6.07) is 0. The van der Waals surface area contributed by atoms with Crippen molar-refractivity contribution in [1.82, 2.24) is 0 Å². The molecule has 5 rings (SSSR count). The van der Waals surface area contributed by atoms with Gasteiger partial charge in [0.1, 0.15) is 23.7 Å². The van der Waals surface area contributed by atoms with E-state index in [1.54, 1.807) is 24.3 Å². The van der Waals surface area contributed by atoms with E-state index in [1.807, 2.05) is 53.7 Å². The summed E-state index contributed by atoms with van der Waals surface area (Å²) >= 11 is 0. The van der Waals surface area contributed by atoms with Gasteiger partial charge in [-0.15, -0.1) is 0 Å². The maximum Gasteiger partial charge on any atom is 0.331 e. The maximum absolute atomic E-state index is 13.2. The second kappa shape index (κ2) is 13.3. The van der Waals surface area contributed by atoms with Gasteiger partial charge in [0.2, 0.25) is 11.6 Å². The fourth-order valence-corrected chi connectivity index (χ4v) is 8.12. The highest BCUT2D eigenvalue weighted by Crippen LogP contribution is 2.71. The lowest BCUT2D eigenvalue weighted by molar-refractivity contribution is -0.145. The monoisotopic (exact) mass is 660 g/mol. The third-order valence-corrected chi connectivity index (χ3v) is 10.9. The van der Waals surface area contributed by atoms with Gasteiger partial charge < -0.3 is 18.9 Å². The number of esters is 2. The molecule has 260 valence electrons. The third kappa shape index (κ3) is 7.18. The average Bonchev–Trinajstić information content (AvgIpc) is 3.38. The Morgan fingerprint density at radius 1 is 0.667 bits per heavy atom. The van der Waals surface area contributed by atoms with E-state index >= 15 is 0 Å². The summed E-state index contributed by atoms with van der Waals surface area (Å²) in [5, 5.41) is 0. The molecule has 0 aromatic carbocycles. The lowest BCUT2D eigenvalue weighted by atomic mass is 9.44. The highest BCUT2D eigenvalue weighted by molar-refractivity contribution is 6.00. The number of allylic oxidation sites excluding steroid dienone is 4. The van der Waals surface area contributed by atoms with Crippen LogP contribution in [0.4, 0.5) is 0 Å². The first kappa shape index (κ1) is 35.6. The predicted octanol–water partition coefficient (Wildman–Crippen LogP) is 8.03. The Kier molecular flexibility index (Phi) is 9.89. The van der Waals surface area contributed by atoms with E-state index in [0.717, 1.165) is 73.7 Å². The Labute approximate surface area is 285 Å². The van der Waals surface area contributed by atoms with Crippen LogP contribution >= 0.6 is 0 Å². The van der Waals surface area contributed by atoms with Crippen LogP contribution in [0.2, 0.25) is 0 Å². The van der Waals surface area contributed by atoms with Gasteiger partial charge in [-0.2, -0.15) is 0 Å². The molecular weight excluding hydrogens is 608 g/mol. The van der Waals surface area contributed by atoms with Crippen molar-refractivity contribution in [3.63, 3.8) is 0 Å². The van der Waals surface area contributed by atoms with Crippen LogP contribution in [0.15, 0.2) is 70.3 Å². The van der Waals surface area contributed by atoms with Gasteiger partial charge in [0.15, 0.2) is 11.2 Å². The maximum atomic E-state index is 13.2. The average molecular weight is 661 g/mol. The molecule has 4 atom stereocenters. The predicted molar refractivity (Wildman–Crippen MR) is 182 cm³/mol. The normalized spacial score (nSPS) is 31.5. The van der Waals surface area contributed by atoms with E-state index in [-0.39, 0.29) is 35.7 Å². The number of carbonyl (C=O) groups is 4. The standard InChI is InChI=1S/C40H52O8/c1-25(17-29-19-27(3)21-35(43)45-29)11-9-13-39(33-23-31(41)37(5,6)47-33)15-16-40(39,34-24-32(42)38(7,8)48-34)14-10-12-26(2)18-30-20-28(4)22-36(44)46-30/h17-18,21-24,29-30H,9-16,19-20H2,1-8H3/b25-17+,26-18+/t29-,30-,39-,40-/m1/s1. The van der Waals surface area contributed by atoms with E-state index in [0.29, 0.717) is 24.4 Å². The Hall–Kier alpha value is -3.68. The summed E-state index contributed by atoms with van der Waals surface area (Å²) in [6.45, 7) is 15.3. The van der Waals surface area contributed by atoms with Crippen molar-refractivity contribution in [3.05, 3.63) is 70.3 Å². The molecule has 48 heavy (non-hydrogen) atoms. The minimum Gasteiger partial charge on any atom is -0.483 e.